The third-order valence-corrected chi connectivity index (χ3v) is 5.07. The van der Waals surface area contributed by atoms with E-state index in [1.54, 1.807) is 0 Å². The van der Waals surface area contributed by atoms with Crippen molar-refractivity contribution >= 4 is 6.47 Å². The monoisotopic (exact) mass is 364 g/mol. The first-order valence-corrected chi connectivity index (χ1v) is 9.58. The molecule has 1 aromatic carbocycles. The molecule has 2 atom stereocenters. The predicted octanol–water partition coefficient (Wildman–Crippen LogP) is 1.83. The van der Waals surface area contributed by atoms with Crippen LogP contribution in [0.2, 0.25) is 0 Å². The van der Waals surface area contributed by atoms with Crippen LogP contribution in [0.5, 0.6) is 0 Å². The second kappa shape index (κ2) is 12.0. The molecule has 0 radical (unpaired) electrons. The Labute approximate surface area is 156 Å². The highest BCUT2D eigenvalue weighted by atomic mass is 16.5. The Balaban J connectivity index is 0.000000758. The summed E-state index contributed by atoms with van der Waals surface area (Å²) in [6, 6.07) is 10.7. The molecule has 0 aromatic heterocycles. The smallest absolute Gasteiger partial charge is 0.290 e. The Kier molecular flexibility index (Phi) is 9.63. The number of rotatable bonds is 7. The van der Waals surface area contributed by atoms with Crippen LogP contribution in [-0.2, 0) is 16.1 Å². The first-order chi connectivity index (χ1) is 12.7. The molecule has 0 aliphatic carbocycles. The molecule has 2 aliphatic heterocycles. The van der Waals surface area contributed by atoms with E-state index in [1.807, 2.05) is 18.2 Å². The van der Waals surface area contributed by atoms with Gasteiger partial charge in [-0.05, 0) is 37.9 Å². The first-order valence-electron chi connectivity index (χ1n) is 9.58. The van der Waals surface area contributed by atoms with Crippen molar-refractivity contribution in [3.05, 3.63) is 35.9 Å². The number of ether oxygens (including phenoxy) is 1. The van der Waals surface area contributed by atoms with Crippen molar-refractivity contribution in [2.45, 2.75) is 44.4 Å². The van der Waals surface area contributed by atoms with Crippen LogP contribution in [0.1, 0.15) is 31.2 Å². The molecular formula is C20H32N2O4. The van der Waals surface area contributed by atoms with Gasteiger partial charge in [0.05, 0.1) is 12.7 Å². The van der Waals surface area contributed by atoms with E-state index in [-0.39, 0.29) is 12.6 Å². The molecule has 2 saturated heterocycles. The fourth-order valence-electron chi connectivity index (χ4n) is 3.79. The summed E-state index contributed by atoms with van der Waals surface area (Å²) in [6.45, 7) is 6.41. The van der Waals surface area contributed by atoms with Crippen molar-refractivity contribution < 1.29 is 19.7 Å². The number of carboxylic acid groups (broad SMARTS) is 1. The van der Waals surface area contributed by atoms with Gasteiger partial charge in [0.2, 0.25) is 0 Å². The zero-order valence-corrected chi connectivity index (χ0v) is 15.5. The molecule has 0 spiro atoms. The van der Waals surface area contributed by atoms with Crippen LogP contribution in [0.15, 0.2) is 30.3 Å². The molecule has 2 N–H and O–H groups in total. The first kappa shape index (κ1) is 20.8. The van der Waals surface area contributed by atoms with Crippen molar-refractivity contribution in [2.24, 2.45) is 0 Å². The molecule has 0 amide bonds. The van der Waals surface area contributed by atoms with Gasteiger partial charge in [0, 0.05) is 32.3 Å². The molecule has 1 aromatic rings. The molecule has 6 nitrogen and oxygen atoms in total. The van der Waals surface area contributed by atoms with E-state index in [2.05, 4.69) is 21.9 Å². The van der Waals surface area contributed by atoms with E-state index in [1.165, 1.54) is 24.8 Å². The minimum Gasteiger partial charge on any atom is -0.483 e. The fraction of sp³-hybridized carbons (Fsp3) is 0.650. The highest BCUT2D eigenvalue weighted by molar-refractivity contribution is 5.32. The molecule has 2 fully saturated rings. The van der Waals surface area contributed by atoms with Crippen LogP contribution < -0.4 is 0 Å². The summed E-state index contributed by atoms with van der Waals surface area (Å²) in [5.74, 6) is 0. The number of hydrogen-bond donors (Lipinski definition) is 2. The Morgan fingerprint density at radius 3 is 2.50 bits per heavy atom. The molecule has 146 valence electrons. The lowest BCUT2D eigenvalue weighted by Gasteiger charge is -2.33. The molecule has 3 rings (SSSR count). The SMILES string of the molecule is O=CO.O[C@H]1CN(CCCOCc2ccccc2)C[C@@H]1N1CCCCC1. The van der Waals surface area contributed by atoms with Crippen molar-refractivity contribution in [3.8, 4) is 0 Å². The standard InChI is InChI=1S/C19H30N2O2.CH2O2/c22-19-15-20(14-18(19)21-11-5-2-6-12-21)10-7-13-23-16-17-8-3-1-4-9-17;2-1-3/h1,3-4,8-9,18-19,22H,2,5-7,10-16H2;1H,(H,2,3)/t18-,19-;/m0./s1. The highest BCUT2D eigenvalue weighted by Crippen LogP contribution is 2.20. The van der Waals surface area contributed by atoms with Gasteiger partial charge in [0.1, 0.15) is 0 Å². The van der Waals surface area contributed by atoms with Crippen LogP contribution in [0.4, 0.5) is 0 Å². The van der Waals surface area contributed by atoms with E-state index >= 15 is 0 Å². The maximum absolute atomic E-state index is 10.3. The molecule has 0 bridgehead atoms. The van der Waals surface area contributed by atoms with Crippen molar-refractivity contribution in [1.82, 2.24) is 9.80 Å². The van der Waals surface area contributed by atoms with Crippen LogP contribution in [-0.4, -0.2) is 78.0 Å². The quantitative estimate of drug-likeness (QED) is 0.568. The summed E-state index contributed by atoms with van der Waals surface area (Å²) in [6.07, 6.45) is 4.78. The second-order valence-electron chi connectivity index (χ2n) is 6.99. The number of β-amino-alcohol motifs (C(OH)–C–C–N with tert-alkyl or cyclic N) is 1. The number of nitrogens with zero attached hydrogens (tertiary/aromatic N) is 2. The van der Waals surface area contributed by atoms with E-state index in [0.717, 1.165) is 45.8 Å². The largest absolute Gasteiger partial charge is 0.483 e. The number of aliphatic hydroxyl groups excluding tert-OH is 1. The normalized spacial score (nSPS) is 24.0. The molecule has 2 aliphatic rings. The van der Waals surface area contributed by atoms with Gasteiger partial charge in [-0.25, -0.2) is 0 Å². The van der Waals surface area contributed by atoms with Gasteiger partial charge in [-0.3, -0.25) is 14.6 Å². The lowest BCUT2D eigenvalue weighted by atomic mass is 10.1. The van der Waals surface area contributed by atoms with Crippen molar-refractivity contribution in [2.75, 3.05) is 39.3 Å². The summed E-state index contributed by atoms with van der Waals surface area (Å²) >= 11 is 0. The number of hydrogen-bond acceptors (Lipinski definition) is 5. The molecular weight excluding hydrogens is 332 g/mol. The van der Waals surface area contributed by atoms with Crippen LogP contribution in [0.3, 0.4) is 0 Å². The number of aliphatic hydroxyl groups is 1. The van der Waals surface area contributed by atoms with Gasteiger partial charge >= 0.3 is 0 Å². The molecule has 2 heterocycles. The van der Waals surface area contributed by atoms with Crippen molar-refractivity contribution in [3.63, 3.8) is 0 Å². The topological polar surface area (TPSA) is 73.2 Å². The maximum atomic E-state index is 10.3. The Morgan fingerprint density at radius 1 is 1.12 bits per heavy atom. The Bertz CT molecular complexity index is 494. The van der Waals surface area contributed by atoms with E-state index < -0.39 is 0 Å². The predicted molar refractivity (Wildman–Crippen MR) is 101 cm³/mol. The minimum absolute atomic E-state index is 0.182. The van der Waals surface area contributed by atoms with Crippen LogP contribution >= 0.6 is 0 Å². The minimum atomic E-state index is -0.250. The highest BCUT2D eigenvalue weighted by Gasteiger charge is 2.35. The lowest BCUT2D eigenvalue weighted by molar-refractivity contribution is -0.122. The van der Waals surface area contributed by atoms with E-state index in [0.29, 0.717) is 12.6 Å². The van der Waals surface area contributed by atoms with Crippen molar-refractivity contribution in [1.29, 1.82) is 0 Å². The molecule has 6 heteroatoms. The van der Waals surface area contributed by atoms with Gasteiger partial charge < -0.3 is 14.9 Å². The molecule has 0 saturated carbocycles. The van der Waals surface area contributed by atoms with Gasteiger partial charge in [-0.2, -0.15) is 0 Å². The summed E-state index contributed by atoms with van der Waals surface area (Å²) in [7, 11) is 0. The third kappa shape index (κ3) is 7.03. The number of piperidine rings is 1. The average Bonchev–Trinajstić information content (AvgIpc) is 3.04. The van der Waals surface area contributed by atoms with Crippen LogP contribution in [0.25, 0.3) is 0 Å². The fourth-order valence-corrected chi connectivity index (χ4v) is 3.79. The zero-order chi connectivity index (χ0) is 18.6. The summed E-state index contributed by atoms with van der Waals surface area (Å²) < 4.78 is 5.75. The number of benzene rings is 1. The molecule has 26 heavy (non-hydrogen) atoms. The van der Waals surface area contributed by atoms with Gasteiger partial charge in [0.25, 0.3) is 6.47 Å². The number of likely N-dealkylation sites (tertiary alicyclic amines) is 2. The van der Waals surface area contributed by atoms with E-state index in [4.69, 9.17) is 14.6 Å². The van der Waals surface area contributed by atoms with Gasteiger partial charge in [-0.15, -0.1) is 0 Å². The Morgan fingerprint density at radius 2 is 1.81 bits per heavy atom. The summed E-state index contributed by atoms with van der Waals surface area (Å²) in [5.41, 5.74) is 1.23. The third-order valence-electron chi connectivity index (χ3n) is 5.07. The summed E-state index contributed by atoms with van der Waals surface area (Å²) in [5, 5.41) is 17.2. The second-order valence-corrected chi connectivity index (χ2v) is 6.99. The van der Waals surface area contributed by atoms with Gasteiger partial charge in [0.15, 0.2) is 0 Å². The molecule has 0 unspecified atom stereocenters. The maximum Gasteiger partial charge on any atom is 0.290 e. The lowest BCUT2D eigenvalue weighted by Crippen LogP contribution is -2.45. The number of carbonyl (C=O) groups is 1. The van der Waals surface area contributed by atoms with Gasteiger partial charge in [-0.1, -0.05) is 36.8 Å². The van der Waals surface area contributed by atoms with E-state index in [9.17, 15) is 5.11 Å². The average molecular weight is 364 g/mol. The van der Waals surface area contributed by atoms with Crippen LogP contribution in [0, 0.1) is 0 Å². The summed E-state index contributed by atoms with van der Waals surface area (Å²) in [4.78, 5) is 13.3. The Hall–Kier alpha value is -1.47. The zero-order valence-electron chi connectivity index (χ0n) is 15.5.